The Labute approximate surface area is 154 Å². The molecule has 0 aliphatic carbocycles. The third kappa shape index (κ3) is 4.48. The molecule has 2 heterocycles. The molecule has 0 aliphatic heterocycles. The van der Waals surface area contributed by atoms with Gasteiger partial charge in [0.1, 0.15) is 6.04 Å². The first-order valence-electron chi connectivity index (χ1n) is 7.97. The third-order valence-electron chi connectivity index (χ3n) is 3.54. The second-order valence-corrected chi connectivity index (χ2v) is 6.64. The fourth-order valence-electron chi connectivity index (χ4n) is 2.22. The Hall–Kier alpha value is -3.13. The van der Waals surface area contributed by atoms with Crippen molar-refractivity contribution in [1.29, 1.82) is 0 Å². The molecule has 1 aromatic carbocycles. The quantitative estimate of drug-likeness (QED) is 0.614. The predicted octanol–water partition coefficient (Wildman–Crippen LogP) is 3.74. The van der Waals surface area contributed by atoms with Crippen molar-refractivity contribution >= 4 is 40.4 Å². The summed E-state index contributed by atoms with van der Waals surface area (Å²) in [5.41, 5.74) is 2.14. The first kappa shape index (κ1) is 17.7. The lowest BCUT2D eigenvalue weighted by Gasteiger charge is -2.14. The van der Waals surface area contributed by atoms with Crippen molar-refractivity contribution < 1.29 is 14.1 Å². The fourth-order valence-corrected chi connectivity index (χ4v) is 2.84. The minimum atomic E-state index is -0.480. The highest BCUT2D eigenvalue weighted by Gasteiger charge is 2.15. The molecule has 0 aliphatic rings. The maximum absolute atomic E-state index is 12.2. The van der Waals surface area contributed by atoms with E-state index in [0.717, 1.165) is 5.69 Å². The van der Waals surface area contributed by atoms with E-state index in [9.17, 15) is 9.59 Å². The normalized spacial score (nSPS) is 11.6. The van der Waals surface area contributed by atoms with Gasteiger partial charge in [0.15, 0.2) is 0 Å². The van der Waals surface area contributed by atoms with E-state index in [1.165, 1.54) is 11.3 Å². The van der Waals surface area contributed by atoms with Crippen LogP contribution in [0, 0.1) is 6.92 Å². The number of amides is 2. The van der Waals surface area contributed by atoms with Crippen molar-refractivity contribution in [1.82, 2.24) is 5.16 Å². The van der Waals surface area contributed by atoms with Crippen LogP contribution >= 0.6 is 11.3 Å². The highest BCUT2D eigenvalue weighted by Crippen LogP contribution is 2.17. The zero-order valence-corrected chi connectivity index (χ0v) is 15.1. The number of nitrogens with zero attached hydrogens (tertiary/aromatic N) is 1. The number of hydrogen-bond acceptors (Lipinski definition) is 6. The molecule has 134 valence electrons. The van der Waals surface area contributed by atoms with Gasteiger partial charge in [0.25, 0.3) is 5.91 Å². The molecule has 2 amide bonds. The summed E-state index contributed by atoms with van der Waals surface area (Å²) in [5.74, 6) is -0.0696. The summed E-state index contributed by atoms with van der Waals surface area (Å²) < 4.78 is 4.97. The summed E-state index contributed by atoms with van der Waals surface area (Å²) in [7, 11) is 0. The Bertz CT molecular complexity index is 888. The lowest BCUT2D eigenvalue weighted by Crippen LogP contribution is -2.31. The molecule has 3 N–H and O–H groups in total. The smallest absolute Gasteiger partial charge is 0.265 e. The zero-order chi connectivity index (χ0) is 18.5. The highest BCUT2D eigenvalue weighted by atomic mass is 32.1. The largest absolute Gasteiger partial charge is 0.374 e. The van der Waals surface area contributed by atoms with Crippen molar-refractivity contribution in [2.75, 3.05) is 16.0 Å². The van der Waals surface area contributed by atoms with Crippen LogP contribution in [0.2, 0.25) is 0 Å². The number of aryl methyl sites for hydroxylation is 1. The number of hydrogen-bond donors (Lipinski definition) is 3. The van der Waals surface area contributed by atoms with Crippen molar-refractivity contribution in [2.45, 2.75) is 19.9 Å². The summed E-state index contributed by atoms with van der Waals surface area (Å²) in [6, 6.07) is 11.9. The number of aromatic nitrogens is 1. The van der Waals surface area contributed by atoms with Gasteiger partial charge in [0.05, 0.1) is 10.6 Å². The molecule has 0 saturated carbocycles. The van der Waals surface area contributed by atoms with Gasteiger partial charge in [-0.1, -0.05) is 11.2 Å². The van der Waals surface area contributed by atoms with Gasteiger partial charge >= 0.3 is 0 Å². The molecule has 0 bridgehead atoms. The number of benzene rings is 1. The number of anilines is 3. The number of thiophene rings is 1. The van der Waals surface area contributed by atoms with Crippen molar-refractivity contribution in [3.05, 3.63) is 58.4 Å². The molecule has 3 rings (SSSR count). The molecule has 0 radical (unpaired) electrons. The minimum Gasteiger partial charge on any atom is -0.374 e. The molecular weight excluding hydrogens is 352 g/mol. The maximum atomic E-state index is 12.2. The summed E-state index contributed by atoms with van der Waals surface area (Å²) in [6.45, 7) is 3.52. The highest BCUT2D eigenvalue weighted by molar-refractivity contribution is 7.12. The zero-order valence-electron chi connectivity index (χ0n) is 14.3. The number of nitrogens with one attached hydrogen (secondary N) is 3. The Balaban J connectivity index is 1.54. The van der Waals surface area contributed by atoms with Crippen LogP contribution in [-0.4, -0.2) is 23.0 Å². The van der Waals surface area contributed by atoms with Gasteiger partial charge in [-0.25, -0.2) is 0 Å². The lowest BCUT2D eigenvalue weighted by molar-refractivity contribution is -0.116. The summed E-state index contributed by atoms with van der Waals surface area (Å²) >= 11 is 1.39. The lowest BCUT2D eigenvalue weighted by atomic mass is 10.2. The Morgan fingerprint density at radius 3 is 2.46 bits per heavy atom. The summed E-state index contributed by atoms with van der Waals surface area (Å²) in [4.78, 5) is 24.8. The molecule has 26 heavy (non-hydrogen) atoms. The van der Waals surface area contributed by atoms with Gasteiger partial charge in [0, 0.05) is 17.4 Å². The van der Waals surface area contributed by atoms with Crippen molar-refractivity contribution in [3.63, 3.8) is 0 Å². The average Bonchev–Trinajstić information content (AvgIpc) is 3.28. The average molecular weight is 370 g/mol. The van der Waals surface area contributed by atoms with E-state index in [-0.39, 0.29) is 11.8 Å². The Kier molecular flexibility index (Phi) is 5.33. The summed E-state index contributed by atoms with van der Waals surface area (Å²) in [5, 5.41) is 14.1. The van der Waals surface area contributed by atoms with E-state index in [2.05, 4.69) is 21.1 Å². The van der Waals surface area contributed by atoms with Gasteiger partial charge in [-0.05, 0) is 49.6 Å². The molecule has 1 atom stereocenters. The predicted molar refractivity (Wildman–Crippen MR) is 102 cm³/mol. The van der Waals surface area contributed by atoms with Crippen LogP contribution in [0.25, 0.3) is 0 Å². The van der Waals surface area contributed by atoms with Crippen LogP contribution in [0.15, 0.2) is 52.4 Å². The van der Waals surface area contributed by atoms with E-state index >= 15 is 0 Å². The molecule has 0 saturated heterocycles. The van der Waals surface area contributed by atoms with Gasteiger partial charge < -0.3 is 15.2 Å². The molecule has 2 aromatic heterocycles. The molecule has 8 heteroatoms. The minimum absolute atomic E-state index is 0.143. The van der Waals surface area contributed by atoms with E-state index < -0.39 is 6.04 Å². The van der Waals surface area contributed by atoms with E-state index in [0.29, 0.717) is 22.1 Å². The van der Waals surface area contributed by atoms with Crippen LogP contribution in [0.1, 0.15) is 22.3 Å². The summed E-state index contributed by atoms with van der Waals surface area (Å²) in [6.07, 6.45) is 0. The van der Waals surface area contributed by atoms with Crippen LogP contribution in [0.5, 0.6) is 0 Å². The first-order valence-corrected chi connectivity index (χ1v) is 8.85. The Morgan fingerprint density at radius 1 is 1.12 bits per heavy atom. The van der Waals surface area contributed by atoms with E-state index in [4.69, 9.17) is 4.52 Å². The van der Waals surface area contributed by atoms with Crippen LogP contribution in [0.4, 0.5) is 17.3 Å². The first-order chi connectivity index (χ1) is 12.5. The molecule has 0 fully saturated rings. The SMILES string of the molecule is Cc1cc(NC(=O)[C@@H](C)Nc2ccc(NC(=O)c3cccs3)cc2)on1. The fraction of sp³-hybridized carbons (Fsp3) is 0.167. The monoisotopic (exact) mass is 370 g/mol. The van der Waals surface area contributed by atoms with E-state index in [1.807, 2.05) is 11.4 Å². The van der Waals surface area contributed by atoms with Crippen molar-refractivity contribution in [3.8, 4) is 0 Å². The molecule has 0 spiro atoms. The topological polar surface area (TPSA) is 96.3 Å². The molecule has 3 aromatic rings. The van der Waals surface area contributed by atoms with Gasteiger partial charge in [-0.15, -0.1) is 11.3 Å². The number of carbonyl (C=O) groups excluding carboxylic acids is 2. The second-order valence-electron chi connectivity index (χ2n) is 5.70. The second kappa shape index (κ2) is 7.83. The van der Waals surface area contributed by atoms with Gasteiger partial charge in [0.2, 0.25) is 11.8 Å². The third-order valence-corrected chi connectivity index (χ3v) is 4.41. The molecular formula is C18H18N4O3S. The van der Waals surface area contributed by atoms with Crippen LogP contribution in [0.3, 0.4) is 0 Å². The number of carbonyl (C=O) groups is 2. The van der Waals surface area contributed by atoms with Crippen LogP contribution < -0.4 is 16.0 Å². The van der Waals surface area contributed by atoms with Gasteiger partial charge in [-0.2, -0.15) is 0 Å². The maximum Gasteiger partial charge on any atom is 0.265 e. The number of rotatable bonds is 6. The Morgan fingerprint density at radius 2 is 1.85 bits per heavy atom. The van der Waals surface area contributed by atoms with Crippen molar-refractivity contribution in [2.24, 2.45) is 0 Å². The molecule has 7 nitrogen and oxygen atoms in total. The standard InChI is InChI=1S/C18H18N4O3S/c1-11-10-16(25-22-11)21-17(23)12(2)19-13-5-7-14(8-6-13)20-18(24)15-4-3-9-26-15/h3-10,12,19H,1-2H3,(H,20,24)(H,21,23)/t12-/m1/s1. The van der Waals surface area contributed by atoms with E-state index in [1.54, 1.807) is 50.2 Å². The van der Waals surface area contributed by atoms with Gasteiger partial charge in [-0.3, -0.25) is 14.9 Å². The molecule has 0 unspecified atom stereocenters. The van der Waals surface area contributed by atoms with Crippen LogP contribution in [-0.2, 0) is 4.79 Å².